The molecule has 9 heteroatoms. The highest BCUT2D eigenvalue weighted by Gasteiger charge is 2.48. The second kappa shape index (κ2) is 8.49. The quantitative estimate of drug-likeness (QED) is 0.345. The Hall–Kier alpha value is -3.23. The summed E-state index contributed by atoms with van der Waals surface area (Å²) in [5.74, 6) is -1.28. The van der Waals surface area contributed by atoms with Crippen LogP contribution in [0.2, 0.25) is 5.02 Å². The Morgan fingerprint density at radius 3 is 2.58 bits per heavy atom. The van der Waals surface area contributed by atoms with Crippen molar-refractivity contribution in [2.24, 2.45) is 0 Å². The number of hydrogen-bond donors (Lipinski definition) is 1. The largest absolute Gasteiger partial charge is 0.507 e. The fraction of sp³-hybridized carbons (Fsp3) is 0.182. The van der Waals surface area contributed by atoms with E-state index in [1.165, 1.54) is 16.2 Å². The van der Waals surface area contributed by atoms with Crippen LogP contribution in [0, 0.1) is 6.92 Å². The molecule has 1 atom stereocenters. The lowest BCUT2D eigenvalue weighted by atomic mass is 9.95. The third kappa shape index (κ3) is 3.92. The lowest BCUT2D eigenvalue weighted by Crippen LogP contribution is -2.29. The maximum atomic E-state index is 13.1. The van der Waals surface area contributed by atoms with E-state index in [0.717, 1.165) is 0 Å². The second-order valence-corrected chi connectivity index (χ2v) is 8.38. The van der Waals surface area contributed by atoms with Crippen LogP contribution in [-0.2, 0) is 9.59 Å². The first-order chi connectivity index (χ1) is 14.9. The van der Waals surface area contributed by atoms with Gasteiger partial charge in [-0.2, -0.15) is 0 Å². The number of benzene rings is 2. The zero-order valence-corrected chi connectivity index (χ0v) is 18.3. The summed E-state index contributed by atoms with van der Waals surface area (Å²) in [5.41, 5.74) is 0.948. The Balaban J connectivity index is 1.93. The number of Topliss-reactive ketones (excluding diaryl/α,β-unsaturated/α-hetero) is 1. The van der Waals surface area contributed by atoms with Crippen molar-refractivity contribution >= 4 is 45.5 Å². The van der Waals surface area contributed by atoms with Crippen LogP contribution in [0.5, 0.6) is 5.75 Å². The number of carbonyl (C=O) groups excluding carboxylic acids is 2. The number of anilines is 1. The maximum Gasteiger partial charge on any atom is 0.301 e. The van der Waals surface area contributed by atoms with Gasteiger partial charge in [0.05, 0.1) is 18.2 Å². The van der Waals surface area contributed by atoms with Gasteiger partial charge in [0, 0.05) is 10.6 Å². The second-order valence-electron chi connectivity index (χ2n) is 6.79. The first kappa shape index (κ1) is 21.0. The molecule has 7 nitrogen and oxygen atoms in total. The average Bonchev–Trinajstić information content (AvgIpc) is 3.29. The van der Waals surface area contributed by atoms with Crippen molar-refractivity contribution < 1.29 is 19.4 Å². The van der Waals surface area contributed by atoms with E-state index in [2.05, 4.69) is 10.2 Å². The Bertz CT molecular complexity index is 1190. The standard InChI is InChI=1S/C22H18ClN3O4S/c1-3-30-16-6-4-5-14(11-16)18-17(19(27)13-7-9-15(23)10-8-13)20(28)21(29)26(18)22-25-24-12(2)31-22/h4-11,18,27H,3H2,1-2H3. The fourth-order valence-electron chi connectivity index (χ4n) is 3.43. The molecule has 1 N–H and O–H groups in total. The molecule has 2 aromatic carbocycles. The molecule has 158 valence electrons. The predicted molar refractivity (Wildman–Crippen MR) is 118 cm³/mol. The molecular formula is C22H18ClN3O4S. The highest BCUT2D eigenvalue weighted by Crippen LogP contribution is 2.43. The van der Waals surface area contributed by atoms with Gasteiger partial charge in [-0.1, -0.05) is 35.1 Å². The molecule has 1 fully saturated rings. The van der Waals surface area contributed by atoms with Crippen LogP contribution in [0.1, 0.15) is 29.1 Å². The van der Waals surface area contributed by atoms with E-state index in [-0.39, 0.29) is 16.5 Å². The van der Waals surface area contributed by atoms with Crippen molar-refractivity contribution in [1.82, 2.24) is 10.2 Å². The van der Waals surface area contributed by atoms with Gasteiger partial charge in [-0.3, -0.25) is 14.5 Å². The molecule has 1 aliphatic heterocycles. The molecule has 1 amide bonds. The number of aliphatic hydroxyl groups excluding tert-OH is 1. The summed E-state index contributed by atoms with van der Waals surface area (Å²) < 4.78 is 5.59. The lowest BCUT2D eigenvalue weighted by molar-refractivity contribution is -0.132. The van der Waals surface area contributed by atoms with Crippen molar-refractivity contribution in [3.8, 4) is 5.75 Å². The van der Waals surface area contributed by atoms with Gasteiger partial charge >= 0.3 is 5.91 Å². The first-order valence-corrected chi connectivity index (χ1v) is 10.7. The summed E-state index contributed by atoms with van der Waals surface area (Å²) in [6.07, 6.45) is 0. The van der Waals surface area contributed by atoms with Crippen molar-refractivity contribution in [1.29, 1.82) is 0 Å². The van der Waals surface area contributed by atoms with Crippen LogP contribution in [0.15, 0.2) is 54.1 Å². The van der Waals surface area contributed by atoms with Crippen LogP contribution >= 0.6 is 22.9 Å². The van der Waals surface area contributed by atoms with Crippen molar-refractivity contribution in [2.75, 3.05) is 11.5 Å². The van der Waals surface area contributed by atoms with E-state index in [9.17, 15) is 14.7 Å². The van der Waals surface area contributed by atoms with Crippen LogP contribution in [0.4, 0.5) is 5.13 Å². The number of aromatic nitrogens is 2. The zero-order valence-electron chi connectivity index (χ0n) is 16.7. The van der Waals surface area contributed by atoms with Crippen molar-refractivity contribution in [3.05, 3.63) is 75.3 Å². The Morgan fingerprint density at radius 2 is 1.94 bits per heavy atom. The summed E-state index contributed by atoms with van der Waals surface area (Å²) in [6, 6.07) is 12.6. The minimum atomic E-state index is -0.886. The van der Waals surface area contributed by atoms with Crippen LogP contribution in [-0.4, -0.2) is 33.6 Å². The number of ether oxygens (including phenoxy) is 1. The molecule has 1 unspecified atom stereocenters. The Morgan fingerprint density at radius 1 is 1.19 bits per heavy atom. The van der Waals surface area contributed by atoms with E-state index in [1.807, 2.05) is 6.92 Å². The van der Waals surface area contributed by atoms with Crippen LogP contribution in [0.3, 0.4) is 0 Å². The summed E-state index contributed by atoms with van der Waals surface area (Å²) in [4.78, 5) is 27.4. The molecule has 0 spiro atoms. The van der Waals surface area contributed by atoms with Gasteiger partial charge in [0.1, 0.15) is 16.5 Å². The normalized spacial score (nSPS) is 17.9. The molecule has 0 aliphatic carbocycles. The lowest BCUT2D eigenvalue weighted by Gasteiger charge is -2.23. The fourth-order valence-corrected chi connectivity index (χ4v) is 4.27. The van der Waals surface area contributed by atoms with E-state index in [1.54, 1.807) is 55.5 Å². The summed E-state index contributed by atoms with van der Waals surface area (Å²) in [7, 11) is 0. The smallest absolute Gasteiger partial charge is 0.301 e. The minimum absolute atomic E-state index is 0.0335. The summed E-state index contributed by atoms with van der Waals surface area (Å²) in [5, 5.41) is 20.5. The van der Waals surface area contributed by atoms with E-state index in [4.69, 9.17) is 16.3 Å². The molecule has 1 aliphatic rings. The summed E-state index contributed by atoms with van der Waals surface area (Å²) >= 11 is 7.14. The molecule has 31 heavy (non-hydrogen) atoms. The van der Waals surface area contributed by atoms with E-state index in [0.29, 0.717) is 33.5 Å². The van der Waals surface area contributed by atoms with Gasteiger partial charge in [0.25, 0.3) is 5.78 Å². The molecule has 4 rings (SSSR count). The summed E-state index contributed by atoms with van der Waals surface area (Å²) in [6.45, 7) is 4.09. The molecule has 1 aromatic heterocycles. The van der Waals surface area contributed by atoms with Gasteiger partial charge in [-0.25, -0.2) is 0 Å². The maximum absolute atomic E-state index is 13.1. The van der Waals surface area contributed by atoms with Crippen molar-refractivity contribution in [2.45, 2.75) is 19.9 Å². The van der Waals surface area contributed by atoms with E-state index < -0.39 is 17.7 Å². The monoisotopic (exact) mass is 455 g/mol. The van der Waals surface area contributed by atoms with Crippen LogP contribution in [0.25, 0.3) is 5.76 Å². The molecule has 2 heterocycles. The highest BCUT2D eigenvalue weighted by molar-refractivity contribution is 7.15. The number of amides is 1. The van der Waals surface area contributed by atoms with Gasteiger partial charge in [0.2, 0.25) is 5.13 Å². The van der Waals surface area contributed by atoms with Gasteiger partial charge in [0.15, 0.2) is 0 Å². The van der Waals surface area contributed by atoms with Crippen LogP contribution < -0.4 is 9.64 Å². The molecule has 0 bridgehead atoms. The first-order valence-electron chi connectivity index (χ1n) is 9.50. The zero-order chi connectivity index (χ0) is 22.1. The Labute approximate surface area is 187 Å². The topological polar surface area (TPSA) is 92.6 Å². The SMILES string of the molecule is CCOc1cccc(C2C(=C(O)c3ccc(Cl)cc3)C(=O)C(=O)N2c2nnc(C)s2)c1. The molecule has 3 aromatic rings. The van der Waals surface area contributed by atoms with Crippen molar-refractivity contribution in [3.63, 3.8) is 0 Å². The molecule has 1 saturated heterocycles. The minimum Gasteiger partial charge on any atom is -0.507 e. The number of ketones is 1. The third-order valence-electron chi connectivity index (χ3n) is 4.77. The third-order valence-corrected chi connectivity index (χ3v) is 5.86. The van der Waals surface area contributed by atoms with Gasteiger partial charge in [-0.05, 0) is 55.8 Å². The molecular weight excluding hydrogens is 438 g/mol. The number of aliphatic hydroxyl groups is 1. The number of carbonyl (C=O) groups is 2. The highest BCUT2D eigenvalue weighted by atomic mass is 35.5. The molecule has 0 saturated carbocycles. The average molecular weight is 456 g/mol. The van der Waals surface area contributed by atoms with Gasteiger partial charge in [-0.15, -0.1) is 10.2 Å². The number of rotatable bonds is 5. The predicted octanol–water partition coefficient (Wildman–Crippen LogP) is 4.52. The number of hydrogen-bond acceptors (Lipinski definition) is 7. The number of aryl methyl sites for hydroxylation is 1. The Kier molecular flexibility index (Phi) is 5.75. The van der Waals surface area contributed by atoms with Gasteiger partial charge < -0.3 is 9.84 Å². The number of nitrogens with zero attached hydrogens (tertiary/aromatic N) is 3. The van der Waals surface area contributed by atoms with E-state index >= 15 is 0 Å². The number of halogens is 1. The molecule has 0 radical (unpaired) electrons.